The average molecular weight is 582 g/mol. The fourth-order valence-electron chi connectivity index (χ4n) is 5.46. The Balaban J connectivity index is 1.28. The lowest BCUT2D eigenvalue weighted by molar-refractivity contribution is -0.568. The van der Waals surface area contributed by atoms with Gasteiger partial charge in [-0.15, -0.1) is 0 Å². The molecule has 5 rings (SSSR count). The molecule has 0 fully saturated rings. The van der Waals surface area contributed by atoms with Gasteiger partial charge in [0.25, 0.3) is 0 Å². The number of hydrogen-bond acceptors (Lipinski definition) is 6. The second-order valence-corrected chi connectivity index (χ2v) is 12.1. The number of carbonyl (C=O) groups is 1. The van der Waals surface area contributed by atoms with Crippen molar-refractivity contribution in [3.05, 3.63) is 76.6 Å². The summed E-state index contributed by atoms with van der Waals surface area (Å²) in [5.74, 6) is 0.419. The second kappa shape index (κ2) is 12.4. The number of phenols is 2. The largest absolute Gasteiger partial charge is 0.504 e. The van der Waals surface area contributed by atoms with Crippen LogP contribution in [-0.4, -0.2) is 40.7 Å². The maximum Gasteiger partial charge on any atom is 0.221 e. The lowest BCUT2D eigenvalue weighted by atomic mass is 9.84. The van der Waals surface area contributed by atoms with Crippen LogP contribution < -0.4 is 16.0 Å². The average Bonchev–Trinajstić information content (AvgIpc) is 2.96. The highest BCUT2D eigenvalue weighted by molar-refractivity contribution is 5.96. The normalized spacial score (nSPS) is 12.4. The molecule has 0 saturated carbocycles. The maximum atomic E-state index is 12.6. The van der Waals surface area contributed by atoms with Gasteiger partial charge in [-0.1, -0.05) is 51.1 Å². The number of amides is 1. The van der Waals surface area contributed by atoms with Crippen LogP contribution in [0.1, 0.15) is 57.2 Å². The van der Waals surface area contributed by atoms with Crippen LogP contribution in [0, 0.1) is 6.92 Å². The predicted octanol–water partition coefficient (Wildman–Crippen LogP) is 5.36. The van der Waals surface area contributed by atoms with E-state index in [9.17, 15) is 15.0 Å². The van der Waals surface area contributed by atoms with E-state index in [4.69, 9.17) is 14.4 Å². The van der Waals surface area contributed by atoms with Crippen LogP contribution in [0.5, 0.6) is 11.5 Å². The topological polar surface area (TPSA) is 125 Å². The van der Waals surface area contributed by atoms with Crippen LogP contribution in [0.4, 0.5) is 5.69 Å². The zero-order valence-corrected chi connectivity index (χ0v) is 25.6. The summed E-state index contributed by atoms with van der Waals surface area (Å²) in [5, 5.41) is 28.2. The number of phenolic OH excluding ortho intramolecular Hbond substituents is 2. The third-order valence-corrected chi connectivity index (χ3v) is 7.73. The molecule has 43 heavy (non-hydrogen) atoms. The van der Waals surface area contributed by atoms with Gasteiger partial charge in [-0.2, -0.15) is 0 Å². The molecule has 0 spiro atoms. The van der Waals surface area contributed by atoms with Crippen molar-refractivity contribution < 1.29 is 24.7 Å². The summed E-state index contributed by atoms with van der Waals surface area (Å²) in [5.41, 5.74) is 6.00. The molecule has 0 atom stereocenters. The molecule has 0 radical (unpaired) electrons. The molecule has 3 aromatic carbocycles. The molecule has 8 nitrogen and oxygen atoms in total. The van der Waals surface area contributed by atoms with Gasteiger partial charge in [0, 0.05) is 53.5 Å². The fourth-order valence-corrected chi connectivity index (χ4v) is 5.46. The minimum Gasteiger partial charge on any atom is -0.504 e. The Labute approximate surface area is 251 Å². The molecule has 0 unspecified atom stereocenters. The van der Waals surface area contributed by atoms with Gasteiger partial charge >= 0.3 is 0 Å². The molecule has 1 heterocycles. The summed E-state index contributed by atoms with van der Waals surface area (Å²) < 4.78 is 6.35. The highest BCUT2D eigenvalue weighted by Gasteiger charge is 2.21. The number of nitrogens with one attached hydrogen (secondary N) is 1. The van der Waals surface area contributed by atoms with E-state index >= 15 is 0 Å². The first-order valence-electron chi connectivity index (χ1n) is 15.0. The van der Waals surface area contributed by atoms with E-state index in [1.807, 2.05) is 63.2 Å². The van der Waals surface area contributed by atoms with Crippen molar-refractivity contribution in [3.63, 3.8) is 0 Å². The Kier molecular flexibility index (Phi) is 8.69. The molecule has 3 aromatic rings. The number of carbonyl (C=O) groups excluding carboxylic acids is 1. The van der Waals surface area contributed by atoms with Crippen molar-refractivity contribution in [1.29, 1.82) is 0 Å². The third-order valence-electron chi connectivity index (χ3n) is 7.73. The molecule has 0 bridgehead atoms. The molecule has 5 N–H and O–H groups in total. The number of benzene rings is 4. The third kappa shape index (κ3) is 6.65. The molecule has 0 aromatic heterocycles. The molecule has 0 saturated heterocycles. The Morgan fingerprint density at radius 3 is 2.58 bits per heavy atom. The number of aryl methyl sites for hydroxylation is 2. The van der Waals surface area contributed by atoms with Crippen LogP contribution in [0.25, 0.3) is 33.3 Å². The minimum atomic E-state index is -0.292. The van der Waals surface area contributed by atoms with Crippen LogP contribution in [0.2, 0.25) is 0 Å². The number of quaternary nitrogens is 1. The SMILES string of the molecule is CC[NH2+]c1cc2oc3cc(=NCCC(=O)NCCCc4cc(O)c(O)c(C(C)(C)C)c4)c4ccccc4c-3nc2cc1C. The Morgan fingerprint density at radius 2 is 1.84 bits per heavy atom. The van der Waals surface area contributed by atoms with Gasteiger partial charge < -0.3 is 25.3 Å². The first-order valence-corrected chi connectivity index (χ1v) is 15.0. The summed E-state index contributed by atoms with van der Waals surface area (Å²) in [6, 6.07) is 17.6. The Morgan fingerprint density at radius 1 is 1.07 bits per heavy atom. The van der Waals surface area contributed by atoms with Gasteiger partial charge in [-0.25, -0.2) is 4.98 Å². The van der Waals surface area contributed by atoms with Crippen molar-refractivity contribution in [1.82, 2.24) is 10.3 Å². The minimum absolute atomic E-state index is 0.0646. The first kappa shape index (κ1) is 30.0. The molecule has 1 aliphatic heterocycles. The van der Waals surface area contributed by atoms with Crippen molar-refractivity contribution in [2.24, 2.45) is 4.99 Å². The van der Waals surface area contributed by atoms with E-state index < -0.39 is 0 Å². The Bertz CT molecular complexity index is 1830. The summed E-state index contributed by atoms with van der Waals surface area (Å²) in [6.45, 7) is 12.0. The number of hydrogen-bond donors (Lipinski definition) is 4. The van der Waals surface area contributed by atoms with E-state index in [-0.39, 0.29) is 29.2 Å². The highest BCUT2D eigenvalue weighted by Crippen LogP contribution is 2.38. The maximum absolute atomic E-state index is 12.6. The zero-order chi connectivity index (χ0) is 30.7. The van der Waals surface area contributed by atoms with Crippen LogP contribution in [0.3, 0.4) is 0 Å². The summed E-state index contributed by atoms with van der Waals surface area (Å²) >= 11 is 0. The number of aromatic nitrogens is 1. The van der Waals surface area contributed by atoms with E-state index in [0.717, 1.165) is 50.7 Å². The van der Waals surface area contributed by atoms with Gasteiger partial charge in [0.2, 0.25) is 5.91 Å². The number of nitrogens with two attached hydrogens (primary N) is 1. The van der Waals surface area contributed by atoms with Crippen LogP contribution >= 0.6 is 0 Å². The second-order valence-electron chi connectivity index (χ2n) is 12.1. The lowest BCUT2D eigenvalue weighted by Crippen LogP contribution is -2.77. The van der Waals surface area contributed by atoms with E-state index in [1.165, 1.54) is 5.56 Å². The van der Waals surface area contributed by atoms with E-state index in [2.05, 4.69) is 30.5 Å². The highest BCUT2D eigenvalue weighted by atomic mass is 16.3. The number of nitrogens with zero attached hydrogens (tertiary/aromatic N) is 2. The summed E-state index contributed by atoms with van der Waals surface area (Å²) in [4.78, 5) is 22.3. The molecular formula is C35H41N4O4+. The van der Waals surface area contributed by atoms with Crippen molar-refractivity contribution in [2.75, 3.05) is 19.6 Å². The monoisotopic (exact) mass is 581 g/mol. The summed E-state index contributed by atoms with van der Waals surface area (Å²) in [6.07, 6.45) is 1.66. The lowest BCUT2D eigenvalue weighted by Gasteiger charge is -2.22. The number of aromatic hydroxyl groups is 2. The fraction of sp³-hybridized carbons (Fsp3) is 0.343. The summed E-state index contributed by atoms with van der Waals surface area (Å²) in [7, 11) is 0. The molecule has 224 valence electrons. The number of rotatable bonds is 9. The smallest absolute Gasteiger partial charge is 0.221 e. The number of fused-ring (bicyclic) bond motifs is 4. The first-order chi connectivity index (χ1) is 20.5. The predicted molar refractivity (Wildman–Crippen MR) is 170 cm³/mol. The molecular weight excluding hydrogens is 540 g/mol. The molecule has 2 aliphatic rings. The van der Waals surface area contributed by atoms with Gasteiger partial charge in [0.05, 0.1) is 11.9 Å². The van der Waals surface area contributed by atoms with Gasteiger partial charge in [-0.3, -0.25) is 9.79 Å². The molecule has 8 heteroatoms. The van der Waals surface area contributed by atoms with Crippen LogP contribution in [0.15, 0.2) is 64.0 Å². The quantitative estimate of drug-likeness (QED) is 0.0614. The molecule has 1 amide bonds. The van der Waals surface area contributed by atoms with E-state index in [0.29, 0.717) is 37.3 Å². The molecule has 1 aliphatic carbocycles. The van der Waals surface area contributed by atoms with Crippen LogP contribution in [-0.2, 0) is 16.6 Å². The van der Waals surface area contributed by atoms with Crippen molar-refractivity contribution in [2.45, 2.75) is 59.3 Å². The van der Waals surface area contributed by atoms with Crippen molar-refractivity contribution >= 4 is 33.5 Å². The standard InChI is InChI=1S/C35H40N4O4/c1-6-36-26-19-30-28(16-21(26)2)39-33-24-12-8-7-11-23(24)27(20-31(33)43-30)37-15-13-32(41)38-14-9-10-22-17-25(35(3,4)5)34(42)29(40)18-22/h7-8,11-12,16-20,36,40,42H,6,9-10,13-15H2,1-5H3,(H,38,41)/p+1. The van der Waals surface area contributed by atoms with Gasteiger partial charge in [0.15, 0.2) is 22.8 Å². The Hall–Kier alpha value is -4.43. The van der Waals surface area contributed by atoms with Gasteiger partial charge in [0.1, 0.15) is 16.9 Å². The van der Waals surface area contributed by atoms with E-state index in [1.54, 1.807) is 6.07 Å². The zero-order valence-electron chi connectivity index (χ0n) is 25.6. The van der Waals surface area contributed by atoms with Crippen molar-refractivity contribution in [3.8, 4) is 23.0 Å². The van der Waals surface area contributed by atoms with Gasteiger partial charge in [-0.05, 0) is 49.8 Å².